The average Bonchev–Trinajstić information content (AvgIpc) is 2.74. The summed E-state index contributed by atoms with van der Waals surface area (Å²) in [5.41, 5.74) is 0.601. The van der Waals surface area contributed by atoms with Crippen LogP contribution < -0.4 is 10.1 Å². The van der Waals surface area contributed by atoms with Gasteiger partial charge in [0, 0.05) is 12.6 Å². The van der Waals surface area contributed by atoms with Crippen molar-refractivity contribution < 1.29 is 9.53 Å². The van der Waals surface area contributed by atoms with E-state index in [4.69, 9.17) is 4.74 Å². The Hall–Kier alpha value is -1.55. The van der Waals surface area contributed by atoms with Gasteiger partial charge >= 0.3 is 0 Å². The number of nitrogens with zero attached hydrogens (tertiary/aromatic N) is 1. The van der Waals surface area contributed by atoms with Crippen LogP contribution >= 0.6 is 0 Å². The summed E-state index contributed by atoms with van der Waals surface area (Å²) in [4.78, 5) is 14.3. The van der Waals surface area contributed by atoms with Crippen molar-refractivity contribution in [3.05, 3.63) is 29.8 Å². The predicted molar refractivity (Wildman–Crippen MR) is 66.4 cm³/mol. The standard InChI is InChI=1S/C13H18N2O2/c1-15-8-7-10(9-15)14-13(16)11-5-3-4-6-12(11)17-2/h3-6,10H,7-9H2,1-2H3,(H,14,16)/t10-/m1/s1. The molecule has 2 rings (SSSR count). The lowest BCUT2D eigenvalue weighted by atomic mass is 10.1. The van der Waals surface area contributed by atoms with Crippen LogP contribution in [0.25, 0.3) is 0 Å². The molecule has 0 saturated carbocycles. The molecule has 0 spiro atoms. The van der Waals surface area contributed by atoms with Crippen molar-refractivity contribution in [2.45, 2.75) is 12.5 Å². The van der Waals surface area contributed by atoms with E-state index in [1.807, 2.05) is 12.1 Å². The fourth-order valence-electron chi connectivity index (χ4n) is 2.15. The van der Waals surface area contributed by atoms with Crippen molar-refractivity contribution in [1.29, 1.82) is 0 Å². The van der Waals surface area contributed by atoms with Crippen LogP contribution in [0, 0.1) is 0 Å². The normalized spacial score (nSPS) is 20.2. The number of nitrogens with one attached hydrogen (secondary N) is 1. The number of amides is 1. The van der Waals surface area contributed by atoms with Crippen LogP contribution in [0.1, 0.15) is 16.8 Å². The maximum absolute atomic E-state index is 12.1. The molecule has 1 aromatic rings. The fourth-order valence-corrected chi connectivity index (χ4v) is 2.15. The van der Waals surface area contributed by atoms with E-state index in [1.54, 1.807) is 19.2 Å². The molecule has 1 atom stereocenters. The molecule has 1 fully saturated rings. The Morgan fingerprint density at radius 1 is 1.47 bits per heavy atom. The lowest BCUT2D eigenvalue weighted by Gasteiger charge is -2.14. The number of hydrogen-bond donors (Lipinski definition) is 1. The van der Waals surface area contributed by atoms with Gasteiger partial charge in [-0.1, -0.05) is 12.1 Å². The smallest absolute Gasteiger partial charge is 0.255 e. The predicted octanol–water partition coefficient (Wildman–Crippen LogP) is 1.13. The van der Waals surface area contributed by atoms with Crippen LogP contribution in [-0.2, 0) is 0 Å². The van der Waals surface area contributed by atoms with Gasteiger partial charge < -0.3 is 15.0 Å². The Labute approximate surface area is 102 Å². The number of carbonyl (C=O) groups is 1. The van der Waals surface area contributed by atoms with Crippen LogP contribution in [0.4, 0.5) is 0 Å². The zero-order chi connectivity index (χ0) is 12.3. The quantitative estimate of drug-likeness (QED) is 0.852. The van der Waals surface area contributed by atoms with E-state index in [0.717, 1.165) is 19.5 Å². The lowest BCUT2D eigenvalue weighted by Crippen LogP contribution is -2.36. The Morgan fingerprint density at radius 3 is 2.88 bits per heavy atom. The molecule has 0 aromatic heterocycles. The average molecular weight is 234 g/mol. The van der Waals surface area contributed by atoms with Gasteiger partial charge in [-0.15, -0.1) is 0 Å². The first-order chi connectivity index (χ1) is 8.20. The molecule has 0 unspecified atom stereocenters. The minimum absolute atomic E-state index is 0.0530. The second-order valence-electron chi connectivity index (χ2n) is 4.42. The number of ether oxygens (including phenoxy) is 1. The molecule has 1 aromatic carbocycles. The highest BCUT2D eigenvalue weighted by Crippen LogP contribution is 2.17. The van der Waals surface area contributed by atoms with Crippen LogP contribution in [0.2, 0.25) is 0 Å². The van der Waals surface area contributed by atoms with E-state index in [1.165, 1.54) is 0 Å². The monoisotopic (exact) mass is 234 g/mol. The molecule has 1 N–H and O–H groups in total. The third-order valence-corrected chi connectivity index (χ3v) is 3.08. The molecule has 0 bridgehead atoms. The molecular formula is C13H18N2O2. The summed E-state index contributed by atoms with van der Waals surface area (Å²) in [5, 5.41) is 3.04. The molecule has 1 aliphatic heterocycles. The first kappa shape index (κ1) is 11.9. The Bertz CT molecular complexity index is 406. The van der Waals surface area contributed by atoms with E-state index in [9.17, 15) is 4.79 Å². The van der Waals surface area contributed by atoms with Crippen LogP contribution in [0.15, 0.2) is 24.3 Å². The van der Waals surface area contributed by atoms with Crippen molar-refractivity contribution in [1.82, 2.24) is 10.2 Å². The maximum Gasteiger partial charge on any atom is 0.255 e. The van der Waals surface area contributed by atoms with Crippen molar-refractivity contribution in [3.8, 4) is 5.75 Å². The van der Waals surface area contributed by atoms with Gasteiger partial charge in [0.25, 0.3) is 5.91 Å². The molecule has 1 aliphatic rings. The van der Waals surface area contributed by atoms with Gasteiger partial charge in [-0.3, -0.25) is 4.79 Å². The summed E-state index contributed by atoms with van der Waals surface area (Å²) in [6.07, 6.45) is 1.01. The van der Waals surface area contributed by atoms with Crippen LogP contribution in [0.5, 0.6) is 5.75 Å². The molecule has 1 amide bonds. The number of rotatable bonds is 3. The molecule has 1 saturated heterocycles. The first-order valence-corrected chi connectivity index (χ1v) is 5.83. The lowest BCUT2D eigenvalue weighted by molar-refractivity contribution is 0.0935. The Morgan fingerprint density at radius 2 is 2.24 bits per heavy atom. The third kappa shape index (κ3) is 2.77. The van der Waals surface area contributed by atoms with Crippen molar-refractivity contribution >= 4 is 5.91 Å². The zero-order valence-corrected chi connectivity index (χ0v) is 10.3. The number of likely N-dealkylation sites (tertiary alicyclic amines) is 1. The van der Waals surface area contributed by atoms with Crippen molar-refractivity contribution in [2.24, 2.45) is 0 Å². The fraction of sp³-hybridized carbons (Fsp3) is 0.462. The minimum atomic E-state index is -0.0530. The zero-order valence-electron chi connectivity index (χ0n) is 10.3. The first-order valence-electron chi connectivity index (χ1n) is 5.83. The third-order valence-electron chi connectivity index (χ3n) is 3.08. The molecule has 0 aliphatic carbocycles. The largest absolute Gasteiger partial charge is 0.496 e. The number of methoxy groups -OCH3 is 1. The van der Waals surface area contributed by atoms with Gasteiger partial charge in [-0.2, -0.15) is 0 Å². The molecule has 4 nitrogen and oxygen atoms in total. The molecule has 92 valence electrons. The summed E-state index contributed by atoms with van der Waals surface area (Å²) in [6.45, 7) is 1.96. The van der Waals surface area contributed by atoms with E-state index in [-0.39, 0.29) is 11.9 Å². The summed E-state index contributed by atoms with van der Waals surface area (Å²) >= 11 is 0. The summed E-state index contributed by atoms with van der Waals surface area (Å²) in [7, 11) is 3.64. The van der Waals surface area contributed by atoms with Gasteiger partial charge in [-0.05, 0) is 32.1 Å². The van der Waals surface area contributed by atoms with Crippen molar-refractivity contribution in [2.75, 3.05) is 27.2 Å². The second kappa shape index (κ2) is 5.19. The number of carbonyl (C=O) groups excluding carboxylic acids is 1. The summed E-state index contributed by atoms with van der Waals surface area (Å²) < 4.78 is 5.18. The van der Waals surface area contributed by atoms with Gasteiger partial charge in [0.15, 0.2) is 0 Å². The second-order valence-corrected chi connectivity index (χ2v) is 4.42. The van der Waals surface area contributed by atoms with Gasteiger partial charge in [-0.25, -0.2) is 0 Å². The van der Waals surface area contributed by atoms with Crippen LogP contribution in [0.3, 0.4) is 0 Å². The number of para-hydroxylation sites is 1. The SMILES string of the molecule is COc1ccccc1C(=O)N[C@@H]1CCN(C)C1. The van der Waals surface area contributed by atoms with Gasteiger partial charge in [0.05, 0.1) is 12.7 Å². The highest BCUT2D eigenvalue weighted by molar-refractivity contribution is 5.97. The molecule has 1 heterocycles. The maximum atomic E-state index is 12.1. The summed E-state index contributed by atoms with van der Waals surface area (Å²) in [6, 6.07) is 7.54. The molecular weight excluding hydrogens is 216 g/mol. The van der Waals surface area contributed by atoms with Crippen LogP contribution in [-0.4, -0.2) is 44.1 Å². The highest BCUT2D eigenvalue weighted by atomic mass is 16.5. The molecule has 4 heteroatoms. The summed E-state index contributed by atoms with van der Waals surface area (Å²) in [5.74, 6) is 0.569. The molecule has 0 radical (unpaired) electrons. The number of benzene rings is 1. The number of hydrogen-bond acceptors (Lipinski definition) is 3. The Kier molecular flexibility index (Phi) is 3.64. The van der Waals surface area contributed by atoms with Gasteiger partial charge in [0.1, 0.15) is 5.75 Å². The van der Waals surface area contributed by atoms with Crippen molar-refractivity contribution in [3.63, 3.8) is 0 Å². The minimum Gasteiger partial charge on any atom is -0.496 e. The van der Waals surface area contributed by atoms with Gasteiger partial charge in [0.2, 0.25) is 0 Å². The van der Waals surface area contributed by atoms with E-state index in [2.05, 4.69) is 17.3 Å². The topological polar surface area (TPSA) is 41.6 Å². The molecule has 17 heavy (non-hydrogen) atoms. The van der Waals surface area contributed by atoms with E-state index in [0.29, 0.717) is 11.3 Å². The van der Waals surface area contributed by atoms with E-state index >= 15 is 0 Å². The van der Waals surface area contributed by atoms with E-state index < -0.39 is 0 Å². The Balaban J connectivity index is 2.04. The number of likely N-dealkylation sites (N-methyl/N-ethyl adjacent to an activating group) is 1. The highest BCUT2D eigenvalue weighted by Gasteiger charge is 2.22.